The molecule has 2 N–H and O–H groups in total. The van der Waals surface area contributed by atoms with Crippen LogP contribution in [0.15, 0.2) is 55.0 Å². The van der Waals surface area contributed by atoms with Crippen molar-refractivity contribution < 1.29 is 14.4 Å². The topological polar surface area (TPSA) is 125 Å². The summed E-state index contributed by atoms with van der Waals surface area (Å²) in [4.78, 5) is 54.1. The zero-order chi connectivity index (χ0) is 28.2. The van der Waals surface area contributed by atoms with Crippen LogP contribution in [0.1, 0.15) is 53.9 Å². The summed E-state index contributed by atoms with van der Waals surface area (Å²) in [6.07, 6.45) is 8.75. The molecular weight excluding hydrogens is 520 g/mol. The maximum atomic E-state index is 12.9. The van der Waals surface area contributed by atoms with Gasteiger partial charge in [0, 0.05) is 54.5 Å². The van der Waals surface area contributed by atoms with Crippen molar-refractivity contribution in [2.24, 2.45) is 5.92 Å². The number of rotatable bonds is 8. The second kappa shape index (κ2) is 9.69. The summed E-state index contributed by atoms with van der Waals surface area (Å²) in [5, 5.41) is 6.42. The minimum Gasteiger partial charge on any atom is -0.379 e. The second-order valence-corrected chi connectivity index (χ2v) is 11.1. The third-order valence-corrected chi connectivity index (χ3v) is 8.00. The van der Waals surface area contributed by atoms with Crippen LogP contribution in [0.2, 0.25) is 0 Å². The van der Waals surface area contributed by atoms with E-state index in [1.165, 1.54) is 11.9 Å². The molecule has 7 rings (SSSR count). The molecule has 1 saturated heterocycles. The van der Waals surface area contributed by atoms with Gasteiger partial charge in [-0.3, -0.25) is 19.4 Å². The van der Waals surface area contributed by atoms with Crippen LogP contribution in [0.4, 0.5) is 21.9 Å². The molecule has 11 nitrogen and oxygen atoms in total. The highest BCUT2D eigenvalue weighted by atomic mass is 16.2. The molecule has 2 unspecified atom stereocenters. The number of carbonyl (C=O) groups excluding carboxylic acids is 3. The summed E-state index contributed by atoms with van der Waals surface area (Å²) >= 11 is 0. The lowest BCUT2D eigenvalue weighted by Crippen LogP contribution is -2.30. The number of hydrogen-bond donors (Lipinski definition) is 2. The van der Waals surface area contributed by atoms with Crippen LogP contribution in [0.3, 0.4) is 0 Å². The fraction of sp³-hybridized carbons (Fsp3) is 0.333. The second-order valence-electron chi connectivity index (χ2n) is 11.1. The van der Waals surface area contributed by atoms with Crippen LogP contribution in [0.25, 0.3) is 5.65 Å². The van der Waals surface area contributed by atoms with Crippen LogP contribution >= 0.6 is 0 Å². The van der Waals surface area contributed by atoms with E-state index in [4.69, 9.17) is 4.98 Å². The molecule has 2 saturated carbocycles. The van der Waals surface area contributed by atoms with Gasteiger partial charge in [0.1, 0.15) is 12.4 Å². The number of amides is 4. The first kappa shape index (κ1) is 25.2. The molecule has 4 amide bonds. The average molecular weight is 551 g/mol. The van der Waals surface area contributed by atoms with Gasteiger partial charge in [0.25, 0.3) is 0 Å². The summed E-state index contributed by atoms with van der Waals surface area (Å²) in [6, 6.07) is 11.1. The number of nitrogens with zero attached hydrogens (tertiary/aromatic N) is 6. The van der Waals surface area contributed by atoms with Crippen molar-refractivity contribution in [3.8, 4) is 0 Å². The molecule has 3 fully saturated rings. The van der Waals surface area contributed by atoms with E-state index < -0.39 is 0 Å². The van der Waals surface area contributed by atoms with E-state index in [2.05, 4.69) is 26.8 Å². The molecule has 0 bridgehead atoms. The monoisotopic (exact) mass is 550 g/mol. The first-order valence-corrected chi connectivity index (χ1v) is 13.9. The number of anilines is 3. The van der Waals surface area contributed by atoms with Gasteiger partial charge in [-0.15, -0.1) is 0 Å². The predicted molar refractivity (Wildman–Crippen MR) is 153 cm³/mol. The highest BCUT2D eigenvalue weighted by Crippen LogP contribution is 2.46. The van der Waals surface area contributed by atoms with Gasteiger partial charge in [-0.25, -0.2) is 19.7 Å². The molecule has 1 aromatic carbocycles. The highest BCUT2D eigenvalue weighted by Gasteiger charge is 2.46. The van der Waals surface area contributed by atoms with Gasteiger partial charge in [-0.1, -0.05) is 6.07 Å². The Morgan fingerprint density at radius 1 is 1.07 bits per heavy atom. The maximum Gasteiger partial charge on any atom is 0.331 e. The fourth-order valence-electron chi connectivity index (χ4n) is 5.41. The summed E-state index contributed by atoms with van der Waals surface area (Å²) in [7, 11) is 1.51. The van der Waals surface area contributed by atoms with Gasteiger partial charge in [0.05, 0.1) is 17.9 Å². The largest absolute Gasteiger partial charge is 0.379 e. The molecule has 4 heterocycles. The van der Waals surface area contributed by atoms with Gasteiger partial charge < -0.3 is 15.0 Å². The summed E-state index contributed by atoms with van der Waals surface area (Å²) < 4.78 is 1.96. The molecule has 4 aromatic rings. The molecule has 0 radical (unpaired) electrons. The Morgan fingerprint density at radius 3 is 2.66 bits per heavy atom. The number of imide groups is 1. The normalized spacial score (nSPS) is 20.1. The molecule has 1 aliphatic heterocycles. The van der Waals surface area contributed by atoms with Crippen LogP contribution in [-0.4, -0.2) is 55.7 Å². The molecule has 11 heteroatoms. The van der Waals surface area contributed by atoms with Gasteiger partial charge in [-0.05, 0) is 68.0 Å². The summed E-state index contributed by atoms with van der Waals surface area (Å²) in [5.74, 6) is 0.877. The molecule has 3 aromatic heterocycles. The molecule has 41 heavy (non-hydrogen) atoms. The smallest absolute Gasteiger partial charge is 0.331 e. The van der Waals surface area contributed by atoms with Crippen molar-refractivity contribution in [2.45, 2.75) is 44.6 Å². The van der Waals surface area contributed by atoms with Crippen LogP contribution in [0.5, 0.6) is 0 Å². The highest BCUT2D eigenvalue weighted by molar-refractivity contribution is 6.13. The van der Waals surface area contributed by atoms with Gasteiger partial charge in [-0.2, -0.15) is 0 Å². The standard InChI is InChI=1S/C30H30N8O3/c1-17-8-9-31-27(33-17)23-12-24(23)29(40)35-21-5-3-4-20(11-21)32-13-22-15-37-14-19(18-6-7-18)10-25(28(37)34-22)38-16-26(39)36(2)30(38)41/h3-5,8-11,14-15,18,23-24,32H,6-7,12-13,16H2,1-2H3,(H,35,40). The number of benzene rings is 1. The number of carbonyl (C=O) groups is 3. The lowest BCUT2D eigenvalue weighted by molar-refractivity contribution is -0.124. The zero-order valence-electron chi connectivity index (χ0n) is 22.9. The van der Waals surface area contributed by atoms with Crippen LogP contribution < -0.4 is 15.5 Å². The van der Waals surface area contributed by atoms with Crippen LogP contribution in [0, 0.1) is 12.8 Å². The average Bonchev–Trinajstić information content (AvgIpc) is 3.89. The van der Waals surface area contributed by atoms with Crippen molar-refractivity contribution >= 4 is 40.6 Å². The number of urea groups is 1. The van der Waals surface area contributed by atoms with E-state index in [1.807, 2.05) is 53.9 Å². The Labute approximate surface area is 236 Å². The number of aromatic nitrogens is 4. The van der Waals surface area contributed by atoms with Crippen LogP contribution in [-0.2, 0) is 16.1 Å². The van der Waals surface area contributed by atoms with E-state index in [0.29, 0.717) is 29.5 Å². The predicted octanol–water partition coefficient (Wildman–Crippen LogP) is 4.06. The first-order valence-electron chi connectivity index (χ1n) is 13.9. The number of aryl methyl sites for hydroxylation is 1. The molecule has 208 valence electrons. The van der Waals surface area contributed by atoms with E-state index >= 15 is 0 Å². The number of fused-ring (bicyclic) bond motifs is 1. The van der Waals surface area contributed by atoms with E-state index in [-0.39, 0.29) is 36.2 Å². The number of imidazole rings is 1. The number of nitrogens with one attached hydrogen (secondary N) is 2. The first-order chi connectivity index (χ1) is 19.8. The molecule has 3 aliphatic rings. The number of hydrogen-bond acceptors (Lipinski definition) is 7. The van der Waals surface area contributed by atoms with Crippen molar-refractivity contribution in [1.82, 2.24) is 24.3 Å². The van der Waals surface area contributed by atoms with Gasteiger partial charge in [0.2, 0.25) is 11.8 Å². The minimum atomic E-state index is -0.338. The Balaban J connectivity index is 1.05. The third-order valence-electron chi connectivity index (χ3n) is 8.00. The quantitative estimate of drug-likeness (QED) is 0.317. The lowest BCUT2D eigenvalue weighted by atomic mass is 10.1. The molecule has 2 aliphatic carbocycles. The Hall–Kier alpha value is -4.80. The van der Waals surface area contributed by atoms with E-state index in [9.17, 15) is 14.4 Å². The number of likely N-dealkylation sites (N-methyl/N-ethyl adjacent to an activating group) is 1. The lowest BCUT2D eigenvalue weighted by Gasteiger charge is -2.17. The van der Waals surface area contributed by atoms with Crippen molar-refractivity contribution in [3.63, 3.8) is 0 Å². The minimum absolute atomic E-state index is 0.0116. The Bertz CT molecular complexity index is 1710. The van der Waals surface area contributed by atoms with Gasteiger partial charge >= 0.3 is 6.03 Å². The molecular formula is C30H30N8O3. The summed E-state index contributed by atoms with van der Waals surface area (Å²) in [5.41, 5.74) is 5.69. The maximum absolute atomic E-state index is 12.9. The van der Waals surface area contributed by atoms with Crippen molar-refractivity contribution in [2.75, 3.05) is 29.1 Å². The van der Waals surface area contributed by atoms with Gasteiger partial charge in [0.15, 0.2) is 5.65 Å². The van der Waals surface area contributed by atoms with E-state index in [1.54, 1.807) is 6.20 Å². The summed E-state index contributed by atoms with van der Waals surface area (Å²) in [6.45, 7) is 2.38. The third kappa shape index (κ3) is 4.88. The van der Waals surface area contributed by atoms with Crippen molar-refractivity contribution in [3.05, 3.63) is 77.8 Å². The fourth-order valence-corrected chi connectivity index (χ4v) is 5.41. The Morgan fingerprint density at radius 2 is 1.90 bits per heavy atom. The Kier molecular flexibility index (Phi) is 5.95. The molecule has 2 atom stereocenters. The zero-order valence-corrected chi connectivity index (χ0v) is 22.9. The van der Waals surface area contributed by atoms with Crippen molar-refractivity contribution in [1.29, 1.82) is 0 Å². The molecule has 0 spiro atoms. The number of pyridine rings is 1. The van der Waals surface area contributed by atoms with E-state index in [0.717, 1.165) is 52.6 Å². The SMILES string of the molecule is Cc1ccnc(C2CC2C(=O)Nc2cccc(NCc3cn4cc(C5CC5)cc(N5CC(=O)N(C)C5=O)c4n3)c2)n1.